The monoisotopic (exact) mass is 218 g/mol. The molecule has 1 fully saturated rings. The first-order valence-corrected chi connectivity index (χ1v) is 6.09. The molecule has 2 nitrogen and oxygen atoms in total. The largest absolute Gasteiger partial charge is 0.342 e. The Hall–Kier alpha value is 0.200. The van der Waals surface area contributed by atoms with E-state index in [1.165, 1.54) is 0 Å². The molecule has 76 valence electrons. The van der Waals surface area contributed by atoms with Crippen molar-refractivity contribution in [1.29, 1.82) is 0 Å². The molecule has 0 aromatic carbocycles. The normalized spacial score (nSPS) is 20.5. The predicted octanol–water partition coefficient (Wildman–Crippen LogP) is 2.35. The van der Waals surface area contributed by atoms with Crippen LogP contribution in [0.4, 0.5) is 0 Å². The minimum absolute atomic E-state index is 0.515. The molecule has 0 N–H and O–H groups in total. The smallest absolute Gasteiger partial charge is 0.138 e. The molecule has 0 aromatic rings. The molecule has 0 aliphatic carbocycles. The Bertz CT molecular complexity index is 192. The van der Waals surface area contributed by atoms with E-state index in [1.807, 2.05) is 0 Å². The Labute approximate surface area is 90.7 Å². The van der Waals surface area contributed by atoms with E-state index in [1.54, 1.807) is 11.8 Å². The van der Waals surface area contributed by atoms with Crippen molar-refractivity contribution in [3.63, 3.8) is 0 Å². The number of thiocarbonyl (C=S) groups is 1. The maximum atomic E-state index is 5.31. The Kier molecular flexibility index (Phi) is 4.01. The molecule has 1 aliphatic heterocycles. The van der Waals surface area contributed by atoms with Gasteiger partial charge in [-0.15, -0.1) is 0 Å². The summed E-state index contributed by atoms with van der Waals surface area (Å²) in [6.45, 7) is 9.83. The molecule has 0 unspecified atom stereocenters. The van der Waals surface area contributed by atoms with Crippen molar-refractivity contribution in [3.8, 4) is 0 Å². The van der Waals surface area contributed by atoms with Crippen LogP contribution in [0.5, 0.6) is 0 Å². The fourth-order valence-corrected chi connectivity index (χ4v) is 2.72. The lowest BCUT2D eigenvalue weighted by Crippen LogP contribution is -2.49. The van der Waals surface area contributed by atoms with E-state index in [-0.39, 0.29) is 0 Å². The van der Waals surface area contributed by atoms with E-state index < -0.39 is 0 Å². The fraction of sp³-hybridized carbons (Fsp3) is 0.889. The number of hydrogen-bond acceptors (Lipinski definition) is 3. The molecule has 0 saturated carbocycles. The summed E-state index contributed by atoms with van der Waals surface area (Å²) in [6, 6.07) is 1.12. The Morgan fingerprint density at radius 1 is 1.23 bits per heavy atom. The molecule has 1 rings (SSSR count). The maximum absolute atomic E-state index is 5.31. The SMILES string of the molecule is CC(C)N1CSC(=S)N(C(C)C)C1. The summed E-state index contributed by atoms with van der Waals surface area (Å²) in [5.41, 5.74) is 0. The van der Waals surface area contributed by atoms with Crippen LogP contribution >= 0.6 is 24.0 Å². The van der Waals surface area contributed by atoms with Gasteiger partial charge in [0.15, 0.2) is 0 Å². The van der Waals surface area contributed by atoms with Gasteiger partial charge < -0.3 is 4.90 Å². The van der Waals surface area contributed by atoms with Crippen molar-refractivity contribution in [3.05, 3.63) is 0 Å². The van der Waals surface area contributed by atoms with Crippen LogP contribution in [0.25, 0.3) is 0 Å². The van der Waals surface area contributed by atoms with Crippen molar-refractivity contribution < 1.29 is 0 Å². The van der Waals surface area contributed by atoms with Gasteiger partial charge in [0.2, 0.25) is 0 Å². The molecular formula is C9H18N2S2. The van der Waals surface area contributed by atoms with Gasteiger partial charge in [-0.1, -0.05) is 24.0 Å². The molecule has 0 spiro atoms. The van der Waals surface area contributed by atoms with E-state index >= 15 is 0 Å². The van der Waals surface area contributed by atoms with Crippen molar-refractivity contribution in [1.82, 2.24) is 9.80 Å². The molecule has 0 radical (unpaired) electrons. The number of nitrogens with zero attached hydrogens (tertiary/aromatic N) is 2. The lowest BCUT2D eigenvalue weighted by Gasteiger charge is -2.40. The highest BCUT2D eigenvalue weighted by atomic mass is 32.2. The Balaban J connectivity index is 2.58. The summed E-state index contributed by atoms with van der Waals surface area (Å²) in [6.07, 6.45) is 0. The van der Waals surface area contributed by atoms with Crippen LogP contribution in [0.1, 0.15) is 27.7 Å². The third kappa shape index (κ3) is 2.82. The van der Waals surface area contributed by atoms with Crippen molar-refractivity contribution in [2.24, 2.45) is 0 Å². The highest BCUT2D eigenvalue weighted by Crippen LogP contribution is 2.21. The van der Waals surface area contributed by atoms with Crippen molar-refractivity contribution in [2.75, 3.05) is 12.5 Å². The average molecular weight is 218 g/mol. The van der Waals surface area contributed by atoms with Gasteiger partial charge >= 0.3 is 0 Å². The average Bonchev–Trinajstić information content (AvgIpc) is 2.04. The van der Waals surface area contributed by atoms with Gasteiger partial charge in [0, 0.05) is 12.1 Å². The summed E-state index contributed by atoms with van der Waals surface area (Å²) in [5.74, 6) is 1.04. The van der Waals surface area contributed by atoms with Gasteiger partial charge in [-0.2, -0.15) is 0 Å². The van der Waals surface area contributed by atoms with Crippen molar-refractivity contribution >= 4 is 28.3 Å². The second-order valence-electron chi connectivity index (χ2n) is 3.93. The van der Waals surface area contributed by atoms with E-state index in [9.17, 15) is 0 Å². The molecule has 13 heavy (non-hydrogen) atoms. The standard InChI is InChI=1S/C9H18N2S2/c1-7(2)10-5-11(8(3)4)9(12)13-6-10/h7-8H,5-6H2,1-4H3. The van der Waals surface area contributed by atoms with Gasteiger partial charge in [-0.05, 0) is 27.7 Å². The van der Waals surface area contributed by atoms with Crippen LogP contribution in [-0.4, -0.2) is 38.7 Å². The summed E-state index contributed by atoms with van der Waals surface area (Å²) in [4.78, 5) is 4.71. The molecule has 0 amide bonds. The summed E-state index contributed by atoms with van der Waals surface area (Å²) in [7, 11) is 0. The van der Waals surface area contributed by atoms with Gasteiger partial charge in [-0.25, -0.2) is 0 Å². The minimum Gasteiger partial charge on any atom is -0.342 e. The number of hydrogen-bond donors (Lipinski definition) is 0. The van der Waals surface area contributed by atoms with Gasteiger partial charge in [0.25, 0.3) is 0 Å². The third-order valence-electron chi connectivity index (χ3n) is 2.28. The van der Waals surface area contributed by atoms with Crippen molar-refractivity contribution in [2.45, 2.75) is 39.8 Å². The van der Waals surface area contributed by atoms with Crippen LogP contribution < -0.4 is 0 Å². The lowest BCUT2D eigenvalue weighted by molar-refractivity contribution is 0.156. The van der Waals surface area contributed by atoms with Crippen LogP contribution in [-0.2, 0) is 0 Å². The first kappa shape index (κ1) is 11.3. The van der Waals surface area contributed by atoms with E-state index in [0.717, 1.165) is 16.9 Å². The van der Waals surface area contributed by atoms with E-state index in [0.29, 0.717) is 12.1 Å². The van der Waals surface area contributed by atoms with Gasteiger partial charge in [0.1, 0.15) is 4.32 Å². The molecular weight excluding hydrogens is 200 g/mol. The second kappa shape index (κ2) is 4.62. The zero-order valence-electron chi connectivity index (χ0n) is 8.78. The molecule has 0 atom stereocenters. The minimum atomic E-state index is 0.515. The molecule has 0 bridgehead atoms. The first-order valence-electron chi connectivity index (χ1n) is 4.70. The highest BCUT2D eigenvalue weighted by molar-refractivity contribution is 8.22. The maximum Gasteiger partial charge on any atom is 0.138 e. The highest BCUT2D eigenvalue weighted by Gasteiger charge is 2.24. The summed E-state index contributed by atoms with van der Waals surface area (Å²) < 4.78 is 1.05. The van der Waals surface area contributed by atoms with Crippen LogP contribution in [0.3, 0.4) is 0 Å². The fourth-order valence-electron chi connectivity index (χ4n) is 1.20. The quantitative estimate of drug-likeness (QED) is 0.656. The van der Waals surface area contributed by atoms with Gasteiger partial charge in [0.05, 0.1) is 12.5 Å². The number of rotatable bonds is 2. The lowest BCUT2D eigenvalue weighted by atomic mass is 10.3. The van der Waals surface area contributed by atoms with Crippen LogP contribution in [0.15, 0.2) is 0 Å². The topological polar surface area (TPSA) is 6.48 Å². The van der Waals surface area contributed by atoms with Gasteiger partial charge in [-0.3, -0.25) is 4.90 Å². The van der Waals surface area contributed by atoms with E-state index in [4.69, 9.17) is 12.2 Å². The first-order chi connectivity index (χ1) is 6.02. The third-order valence-corrected chi connectivity index (χ3v) is 3.81. The zero-order valence-corrected chi connectivity index (χ0v) is 10.4. The summed E-state index contributed by atoms with van der Waals surface area (Å²) >= 11 is 7.08. The molecule has 1 heterocycles. The Morgan fingerprint density at radius 2 is 1.85 bits per heavy atom. The molecule has 1 saturated heterocycles. The predicted molar refractivity (Wildman–Crippen MR) is 63.9 cm³/mol. The Morgan fingerprint density at radius 3 is 2.31 bits per heavy atom. The molecule has 1 aliphatic rings. The molecule has 0 aromatic heterocycles. The van der Waals surface area contributed by atoms with E-state index in [2.05, 4.69) is 37.5 Å². The zero-order chi connectivity index (χ0) is 10.0. The second-order valence-corrected chi connectivity index (χ2v) is 5.51. The summed E-state index contributed by atoms with van der Waals surface area (Å²) in [5, 5.41) is 0. The number of thioether (sulfide) groups is 1. The van der Waals surface area contributed by atoms with Crippen LogP contribution in [0.2, 0.25) is 0 Å². The molecule has 4 heteroatoms. The van der Waals surface area contributed by atoms with Crippen LogP contribution in [0, 0.1) is 0 Å².